The van der Waals surface area contributed by atoms with Crippen molar-refractivity contribution in [1.82, 2.24) is 4.98 Å². The lowest BCUT2D eigenvalue weighted by Crippen LogP contribution is -1.92. The minimum Gasteiger partial charge on any atom is -0.411 e. The molecule has 1 aromatic rings. The maximum Gasteiger partial charge on any atom is 0.0955 e. The topological polar surface area (TPSA) is 45.5 Å². The second-order valence-electron chi connectivity index (χ2n) is 2.33. The molecule has 0 saturated heterocycles. The maximum atomic E-state index is 8.49. The van der Waals surface area contributed by atoms with Crippen molar-refractivity contribution in [2.45, 2.75) is 20.8 Å². The zero-order valence-corrected chi connectivity index (χ0v) is 7.57. The molecule has 0 aliphatic carbocycles. The van der Waals surface area contributed by atoms with E-state index in [9.17, 15) is 0 Å². The van der Waals surface area contributed by atoms with E-state index in [2.05, 4.69) is 10.1 Å². The molecule has 0 saturated carbocycles. The summed E-state index contributed by atoms with van der Waals surface area (Å²) in [6, 6.07) is 0. The van der Waals surface area contributed by atoms with Crippen LogP contribution in [0, 0.1) is 13.8 Å². The molecule has 0 spiro atoms. The van der Waals surface area contributed by atoms with Gasteiger partial charge in [0.25, 0.3) is 0 Å². The SMILES string of the molecule is C/C(=N/O)c1sc(C)nc1C. The summed E-state index contributed by atoms with van der Waals surface area (Å²) in [5, 5.41) is 12.6. The van der Waals surface area contributed by atoms with Gasteiger partial charge in [0.15, 0.2) is 0 Å². The first-order valence-corrected chi connectivity index (χ1v) is 4.10. The van der Waals surface area contributed by atoms with Gasteiger partial charge >= 0.3 is 0 Å². The Balaban J connectivity index is 3.13. The average molecular weight is 170 g/mol. The molecule has 0 aliphatic rings. The van der Waals surface area contributed by atoms with Crippen LogP contribution in [0.4, 0.5) is 0 Å². The Kier molecular flexibility index (Phi) is 2.24. The van der Waals surface area contributed by atoms with Crippen LogP contribution in [0.5, 0.6) is 0 Å². The van der Waals surface area contributed by atoms with Gasteiger partial charge in [-0.05, 0) is 20.8 Å². The van der Waals surface area contributed by atoms with Crippen molar-refractivity contribution in [3.05, 3.63) is 15.6 Å². The van der Waals surface area contributed by atoms with Gasteiger partial charge in [-0.25, -0.2) is 4.98 Å². The fraction of sp³-hybridized carbons (Fsp3) is 0.429. The van der Waals surface area contributed by atoms with Crippen molar-refractivity contribution in [2.24, 2.45) is 5.16 Å². The first-order chi connectivity index (χ1) is 5.15. The zero-order valence-electron chi connectivity index (χ0n) is 6.75. The normalized spacial score (nSPS) is 12.1. The summed E-state index contributed by atoms with van der Waals surface area (Å²) in [6.45, 7) is 5.61. The van der Waals surface area contributed by atoms with Gasteiger partial charge < -0.3 is 5.21 Å². The lowest BCUT2D eigenvalue weighted by atomic mass is 10.3. The Morgan fingerprint density at radius 1 is 1.55 bits per heavy atom. The summed E-state index contributed by atoms with van der Waals surface area (Å²) in [5.41, 5.74) is 1.57. The van der Waals surface area contributed by atoms with E-state index in [1.165, 1.54) is 0 Å². The van der Waals surface area contributed by atoms with E-state index in [1.54, 1.807) is 18.3 Å². The molecule has 3 nitrogen and oxygen atoms in total. The van der Waals surface area contributed by atoms with Gasteiger partial charge in [0.1, 0.15) is 0 Å². The predicted octanol–water partition coefficient (Wildman–Crippen LogP) is 1.96. The highest BCUT2D eigenvalue weighted by molar-refractivity contribution is 7.13. The van der Waals surface area contributed by atoms with E-state index < -0.39 is 0 Å². The highest BCUT2D eigenvalue weighted by Gasteiger charge is 2.07. The van der Waals surface area contributed by atoms with Crippen molar-refractivity contribution in [2.75, 3.05) is 0 Å². The van der Waals surface area contributed by atoms with Crippen molar-refractivity contribution in [1.29, 1.82) is 0 Å². The molecule has 1 aromatic heterocycles. The van der Waals surface area contributed by atoms with Crippen LogP contribution < -0.4 is 0 Å². The molecule has 0 fully saturated rings. The third kappa shape index (κ3) is 1.57. The minimum atomic E-state index is 0.633. The summed E-state index contributed by atoms with van der Waals surface area (Å²) in [7, 11) is 0. The monoisotopic (exact) mass is 170 g/mol. The molecule has 60 valence electrons. The van der Waals surface area contributed by atoms with E-state index in [1.807, 2.05) is 13.8 Å². The van der Waals surface area contributed by atoms with Gasteiger partial charge in [0.2, 0.25) is 0 Å². The lowest BCUT2D eigenvalue weighted by Gasteiger charge is -1.91. The van der Waals surface area contributed by atoms with Crippen LogP contribution in [0.3, 0.4) is 0 Å². The fourth-order valence-corrected chi connectivity index (χ4v) is 1.77. The van der Waals surface area contributed by atoms with Crippen molar-refractivity contribution < 1.29 is 5.21 Å². The van der Waals surface area contributed by atoms with Crippen LogP contribution >= 0.6 is 11.3 Å². The van der Waals surface area contributed by atoms with E-state index in [0.717, 1.165) is 15.6 Å². The first kappa shape index (κ1) is 8.20. The number of oxime groups is 1. The van der Waals surface area contributed by atoms with Crippen LogP contribution in [-0.2, 0) is 0 Å². The summed E-state index contributed by atoms with van der Waals surface area (Å²) in [4.78, 5) is 5.17. The molecule has 1 rings (SSSR count). The van der Waals surface area contributed by atoms with E-state index >= 15 is 0 Å². The van der Waals surface area contributed by atoms with Crippen LogP contribution in [-0.4, -0.2) is 15.9 Å². The largest absolute Gasteiger partial charge is 0.411 e. The van der Waals surface area contributed by atoms with Crippen molar-refractivity contribution >= 4 is 17.0 Å². The summed E-state index contributed by atoms with van der Waals surface area (Å²) in [6.07, 6.45) is 0. The molecule has 0 amide bonds. The number of hydrogen-bond acceptors (Lipinski definition) is 4. The van der Waals surface area contributed by atoms with Crippen LogP contribution in [0.15, 0.2) is 5.16 Å². The van der Waals surface area contributed by atoms with Gasteiger partial charge in [-0.3, -0.25) is 0 Å². The second-order valence-corrected chi connectivity index (χ2v) is 3.54. The molecule has 1 N–H and O–H groups in total. The molecule has 1 heterocycles. The number of aromatic nitrogens is 1. The fourth-order valence-electron chi connectivity index (χ4n) is 0.912. The third-order valence-corrected chi connectivity index (χ3v) is 2.56. The molecule has 0 atom stereocenters. The summed E-state index contributed by atoms with van der Waals surface area (Å²) >= 11 is 1.55. The smallest absolute Gasteiger partial charge is 0.0955 e. The van der Waals surface area contributed by atoms with Gasteiger partial charge in [-0.15, -0.1) is 11.3 Å². The average Bonchev–Trinajstić information content (AvgIpc) is 2.28. The van der Waals surface area contributed by atoms with E-state index in [4.69, 9.17) is 5.21 Å². The molecule has 0 unspecified atom stereocenters. The molecule has 0 bridgehead atoms. The standard InChI is InChI=1S/C7H10N2OS/c1-4-7(5(2)9-10)11-6(3)8-4/h10H,1-3H3/b9-5-. The van der Waals surface area contributed by atoms with Crippen molar-refractivity contribution in [3.8, 4) is 0 Å². The molecular weight excluding hydrogens is 160 g/mol. The molecule has 11 heavy (non-hydrogen) atoms. The van der Waals surface area contributed by atoms with Crippen LogP contribution in [0.2, 0.25) is 0 Å². The Labute approximate surface area is 69.4 Å². The van der Waals surface area contributed by atoms with Gasteiger partial charge in [-0.1, -0.05) is 5.16 Å². The molecule has 0 aliphatic heterocycles. The number of nitrogens with zero attached hydrogens (tertiary/aromatic N) is 2. The highest BCUT2D eigenvalue weighted by atomic mass is 32.1. The number of hydrogen-bond donors (Lipinski definition) is 1. The first-order valence-electron chi connectivity index (χ1n) is 3.28. The van der Waals surface area contributed by atoms with E-state index in [0.29, 0.717) is 5.71 Å². The molecule has 4 heteroatoms. The van der Waals surface area contributed by atoms with Crippen LogP contribution in [0.25, 0.3) is 0 Å². The van der Waals surface area contributed by atoms with Crippen LogP contribution in [0.1, 0.15) is 22.5 Å². The summed E-state index contributed by atoms with van der Waals surface area (Å²) in [5.74, 6) is 0. The van der Waals surface area contributed by atoms with E-state index in [-0.39, 0.29) is 0 Å². The summed E-state index contributed by atoms with van der Waals surface area (Å²) < 4.78 is 0. The Morgan fingerprint density at radius 2 is 2.18 bits per heavy atom. The van der Waals surface area contributed by atoms with Gasteiger partial charge in [0.05, 0.1) is 21.3 Å². The second kappa shape index (κ2) is 3.00. The Morgan fingerprint density at radius 3 is 2.55 bits per heavy atom. The Hall–Kier alpha value is -0.900. The predicted molar refractivity (Wildman–Crippen MR) is 45.6 cm³/mol. The van der Waals surface area contributed by atoms with Gasteiger partial charge in [0, 0.05) is 0 Å². The number of aryl methyl sites for hydroxylation is 2. The zero-order chi connectivity index (χ0) is 8.43. The molecular formula is C7H10N2OS. The lowest BCUT2D eigenvalue weighted by molar-refractivity contribution is 0.319. The number of rotatable bonds is 1. The minimum absolute atomic E-state index is 0.633. The van der Waals surface area contributed by atoms with Gasteiger partial charge in [-0.2, -0.15) is 0 Å². The molecule has 0 radical (unpaired) electrons. The Bertz CT molecular complexity index is 291. The third-order valence-electron chi connectivity index (χ3n) is 1.38. The van der Waals surface area contributed by atoms with Crippen molar-refractivity contribution in [3.63, 3.8) is 0 Å². The maximum absolute atomic E-state index is 8.49. The molecule has 0 aromatic carbocycles. The number of thiazole rings is 1. The highest BCUT2D eigenvalue weighted by Crippen LogP contribution is 2.17. The quantitative estimate of drug-likeness (QED) is 0.398.